The van der Waals surface area contributed by atoms with Gasteiger partial charge in [0.25, 0.3) is 0 Å². The predicted molar refractivity (Wildman–Crippen MR) is 98.6 cm³/mol. The van der Waals surface area contributed by atoms with E-state index >= 15 is 0 Å². The molecule has 5 heteroatoms. The fourth-order valence-electron chi connectivity index (χ4n) is 2.82. The molecule has 4 rings (SSSR count). The van der Waals surface area contributed by atoms with Crippen LogP contribution in [0.2, 0.25) is 5.02 Å². The number of nitrogens with one attached hydrogen (secondary N) is 1. The minimum Gasteiger partial charge on any atom is -0.353 e. The van der Waals surface area contributed by atoms with E-state index in [1.165, 1.54) is 0 Å². The number of hydrogen-bond acceptors (Lipinski definition) is 4. The lowest BCUT2D eigenvalue weighted by Crippen LogP contribution is -2.12. The van der Waals surface area contributed by atoms with Crippen molar-refractivity contribution in [2.75, 3.05) is 5.32 Å². The lowest BCUT2D eigenvalue weighted by Gasteiger charge is -2.12. The van der Waals surface area contributed by atoms with Crippen LogP contribution in [0.5, 0.6) is 0 Å². The summed E-state index contributed by atoms with van der Waals surface area (Å²) in [7, 11) is 0. The van der Waals surface area contributed by atoms with Crippen molar-refractivity contribution in [2.45, 2.75) is 6.54 Å². The Kier molecular flexibility index (Phi) is 3.76. The van der Waals surface area contributed by atoms with Gasteiger partial charge in [-0.3, -0.25) is 4.98 Å². The first-order valence-corrected chi connectivity index (χ1v) is 8.03. The second kappa shape index (κ2) is 6.07. The first-order valence-electron chi connectivity index (χ1n) is 7.65. The summed E-state index contributed by atoms with van der Waals surface area (Å²) in [4.78, 5) is 9.41. The summed E-state index contributed by atoms with van der Waals surface area (Å²) < 4.78 is 0. The summed E-state index contributed by atoms with van der Waals surface area (Å²) in [6, 6.07) is 17.5. The molecule has 1 aromatic heterocycles. The van der Waals surface area contributed by atoms with Crippen LogP contribution in [0.25, 0.3) is 0 Å². The van der Waals surface area contributed by atoms with Crippen molar-refractivity contribution >= 4 is 34.4 Å². The summed E-state index contributed by atoms with van der Waals surface area (Å²) in [6.07, 6.45) is 1.76. The fourth-order valence-corrected chi connectivity index (χ4v) is 2.99. The van der Waals surface area contributed by atoms with E-state index in [0.717, 1.165) is 39.6 Å². The molecule has 0 atom stereocenters. The number of nitrogens with two attached hydrogens (primary N) is 1. The van der Waals surface area contributed by atoms with E-state index in [9.17, 15) is 0 Å². The van der Waals surface area contributed by atoms with Gasteiger partial charge < -0.3 is 11.1 Å². The Hall–Kier alpha value is -2.69. The van der Waals surface area contributed by atoms with Crippen LogP contribution in [0.15, 0.2) is 65.8 Å². The largest absolute Gasteiger partial charge is 0.353 e. The third kappa shape index (κ3) is 2.56. The maximum atomic E-state index is 6.16. The molecule has 0 spiro atoms. The van der Waals surface area contributed by atoms with Gasteiger partial charge in [0.1, 0.15) is 0 Å². The Bertz CT molecular complexity index is 950. The molecular weight excluding hydrogens is 320 g/mol. The Morgan fingerprint density at radius 1 is 1.00 bits per heavy atom. The van der Waals surface area contributed by atoms with E-state index in [-0.39, 0.29) is 0 Å². The average Bonchev–Trinajstić information content (AvgIpc) is 2.78. The summed E-state index contributed by atoms with van der Waals surface area (Å²) in [5.41, 5.74) is 12.1. The molecule has 0 unspecified atom stereocenters. The zero-order chi connectivity index (χ0) is 16.5. The summed E-state index contributed by atoms with van der Waals surface area (Å²) >= 11 is 6.16. The standard InChI is InChI=1S/C19H15ClN4/c20-13-7-8-16-17(10-13)24-19(14-5-1-2-6-15(14)23-16)18-12(11-21)4-3-9-22-18/h1-10,23H,11,21H2. The zero-order valence-electron chi connectivity index (χ0n) is 12.8. The van der Waals surface area contributed by atoms with Crippen molar-refractivity contribution in [3.8, 4) is 0 Å². The molecule has 3 N–H and O–H groups in total. The highest BCUT2D eigenvalue weighted by Crippen LogP contribution is 2.37. The highest BCUT2D eigenvalue weighted by Gasteiger charge is 2.20. The van der Waals surface area contributed by atoms with E-state index < -0.39 is 0 Å². The molecule has 1 aliphatic heterocycles. The maximum Gasteiger partial charge on any atom is 0.0990 e. The van der Waals surface area contributed by atoms with Crippen LogP contribution in [0.1, 0.15) is 16.8 Å². The van der Waals surface area contributed by atoms with Crippen LogP contribution in [0.4, 0.5) is 17.1 Å². The SMILES string of the molecule is NCc1cccnc1C1=Nc2cc(Cl)ccc2Nc2ccccc21. The van der Waals surface area contributed by atoms with Crippen LogP contribution in [0, 0.1) is 0 Å². The lowest BCUT2D eigenvalue weighted by atomic mass is 10.0. The molecule has 0 aliphatic carbocycles. The van der Waals surface area contributed by atoms with E-state index in [0.29, 0.717) is 11.6 Å². The van der Waals surface area contributed by atoms with Crippen molar-refractivity contribution < 1.29 is 0 Å². The van der Waals surface area contributed by atoms with E-state index in [4.69, 9.17) is 22.3 Å². The maximum absolute atomic E-state index is 6.16. The number of nitrogens with zero attached hydrogens (tertiary/aromatic N) is 2. The molecule has 0 saturated heterocycles. The van der Waals surface area contributed by atoms with Crippen molar-refractivity contribution in [1.82, 2.24) is 4.98 Å². The molecule has 24 heavy (non-hydrogen) atoms. The molecule has 3 aromatic rings. The van der Waals surface area contributed by atoms with Crippen molar-refractivity contribution in [2.24, 2.45) is 10.7 Å². The van der Waals surface area contributed by atoms with Gasteiger partial charge in [-0.05, 0) is 35.9 Å². The second-order valence-electron chi connectivity index (χ2n) is 5.51. The highest BCUT2D eigenvalue weighted by atomic mass is 35.5. The summed E-state index contributed by atoms with van der Waals surface area (Å²) in [6.45, 7) is 0.403. The van der Waals surface area contributed by atoms with Crippen LogP contribution < -0.4 is 11.1 Å². The molecule has 2 heterocycles. The second-order valence-corrected chi connectivity index (χ2v) is 5.94. The summed E-state index contributed by atoms with van der Waals surface area (Å²) in [5.74, 6) is 0. The normalized spacial score (nSPS) is 12.5. The van der Waals surface area contributed by atoms with Crippen LogP contribution >= 0.6 is 11.6 Å². The first kappa shape index (κ1) is 14.9. The van der Waals surface area contributed by atoms with E-state index in [1.54, 1.807) is 6.20 Å². The van der Waals surface area contributed by atoms with Crippen LogP contribution in [0.3, 0.4) is 0 Å². The predicted octanol–water partition coefficient (Wildman–Crippen LogP) is 4.42. The number of fused-ring (bicyclic) bond motifs is 2. The van der Waals surface area contributed by atoms with Gasteiger partial charge in [0, 0.05) is 29.0 Å². The number of pyridine rings is 1. The zero-order valence-corrected chi connectivity index (χ0v) is 13.6. The smallest absolute Gasteiger partial charge is 0.0990 e. The third-order valence-electron chi connectivity index (χ3n) is 3.98. The number of aliphatic imine (C=N–C) groups is 1. The number of aromatic nitrogens is 1. The number of para-hydroxylation sites is 1. The minimum absolute atomic E-state index is 0.403. The number of rotatable bonds is 2. The molecule has 2 aromatic carbocycles. The molecule has 0 bridgehead atoms. The Morgan fingerprint density at radius 3 is 2.75 bits per heavy atom. The van der Waals surface area contributed by atoms with Crippen molar-refractivity contribution in [3.63, 3.8) is 0 Å². The molecule has 0 radical (unpaired) electrons. The quantitative estimate of drug-likeness (QED) is 0.570. The van der Waals surface area contributed by atoms with Gasteiger partial charge in [0.05, 0.1) is 22.8 Å². The fraction of sp³-hybridized carbons (Fsp3) is 0.0526. The third-order valence-corrected chi connectivity index (χ3v) is 4.21. The number of hydrogen-bond donors (Lipinski definition) is 2. The van der Waals surface area contributed by atoms with E-state index in [2.05, 4.69) is 10.3 Å². The van der Waals surface area contributed by atoms with Crippen LogP contribution in [-0.2, 0) is 6.54 Å². The molecule has 0 fully saturated rings. The van der Waals surface area contributed by atoms with Gasteiger partial charge in [-0.2, -0.15) is 0 Å². The minimum atomic E-state index is 0.403. The van der Waals surface area contributed by atoms with Gasteiger partial charge in [-0.15, -0.1) is 0 Å². The van der Waals surface area contributed by atoms with Crippen molar-refractivity contribution in [1.29, 1.82) is 0 Å². The molecule has 1 aliphatic rings. The van der Waals surface area contributed by atoms with Gasteiger partial charge in [0.2, 0.25) is 0 Å². The first-order chi connectivity index (χ1) is 11.8. The highest BCUT2D eigenvalue weighted by molar-refractivity contribution is 6.31. The van der Waals surface area contributed by atoms with Gasteiger partial charge >= 0.3 is 0 Å². The molecule has 0 saturated carbocycles. The van der Waals surface area contributed by atoms with Crippen molar-refractivity contribution in [3.05, 3.63) is 82.6 Å². The molecular formula is C19H15ClN4. The van der Waals surface area contributed by atoms with Crippen LogP contribution in [-0.4, -0.2) is 10.7 Å². The summed E-state index contributed by atoms with van der Waals surface area (Å²) in [5, 5.41) is 4.08. The molecule has 4 nitrogen and oxygen atoms in total. The number of halogens is 1. The molecule has 118 valence electrons. The van der Waals surface area contributed by atoms with Gasteiger partial charge in [-0.25, -0.2) is 4.99 Å². The molecule has 0 amide bonds. The average molecular weight is 335 g/mol. The topological polar surface area (TPSA) is 63.3 Å². The Labute approximate surface area is 145 Å². The number of benzene rings is 2. The van der Waals surface area contributed by atoms with Gasteiger partial charge in [0.15, 0.2) is 0 Å². The van der Waals surface area contributed by atoms with Gasteiger partial charge in [-0.1, -0.05) is 35.9 Å². The Balaban J connectivity index is 2.02. The Morgan fingerprint density at radius 2 is 1.88 bits per heavy atom. The number of anilines is 2. The van der Waals surface area contributed by atoms with E-state index in [1.807, 2.05) is 54.6 Å². The monoisotopic (exact) mass is 334 g/mol. The lowest BCUT2D eigenvalue weighted by molar-refractivity contribution is 1.04.